The molecule has 0 heterocycles. The summed E-state index contributed by atoms with van der Waals surface area (Å²) in [7, 11) is 0. The molecule has 0 saturated heterocycles. The lowest BCUT2D eigenvalue weighted by Gasteiger charge is -2.19. The van der Waals surface area contributed by atoms with Crippen LogP contribution in [-0.2, 0) is 9.53 Å². The first-order chi connectivity index (χ1) is 5.52. The molecule has 68 valence electrons. The molecule has 0 aromatic heterocycles. The molecule has 0 unspecified atom stereocenters. The molecular formula is C9H15NO2. The standard InChI is InChI=1S/C9H15NO2/c1-5-9(3,4)10-8(11)7-12-6-2/h1H,6-7H2,2-4H3,(H,10,11). The van der Waals surface area contributed by atoms with Gasteiger partial charge in [-0.1, -0.05) is 5.92 Å². The van der Waals surface area contributed by atoms with Gasteiger partial charge in [0.1, 0.15) is 6.61 Å². The molecule has 1 N–H and O–H groups in total. The van der Waals surface area contributed by atoms with Crippen molar-refractivity contribution in [1.82, 2.24) is 5.32 Å². The maximum atomic E-state index is 11.0. The Morgan fingerprint density at radius 2 is 2.25 bits per heavy atom. The molecule has 0 saturated carbocycles. The molecule has 3 heteroatoms. The smallest absolute Gasteiger partial charge is 0.247 e. The van der Waals surface area contributed by atoms with E-state index in [1.165, 1.54) is 0 Å². The van der Waals surface area contributed by atoms with Crippen LogP contribution < -0.4 is 5.32 Å². The van der Waals surface area contributed by atoms with E-state index in [1.54, 1.807) is 13.8 Å². The number of nitrogens with one attached hydrogen (secondary N) is 1. The number of hydrogen-bond donors (Lipinski definition) is 1. The number of terminal acetylenes is 1. The quantitative estimate of drug-likeness (QED) is 0.624. The summed E-state index contributed by atoms with van der Waals surface area (Å²) in [5, 5.41) is 2.64. The number of carbonyl (C=O) groups excluding carboxylic acids is 1. The third-order valence-electron chi connectivity index (χ3n) is 1.25. The molecule has 0 aromatic carbocycles. The third kappa shape index (κ3) is 4.75. The molecule has 1 amide bonds. The zero-order chi connectivity index (χ0) is 9.61. The van der Waals surface area contributed by atoms with Gasteiger partial charge in [0.25, 0.3) is 0 Å². The molecule has 0 bridgehead atoms. The van der Waals surface area contributed by atoms with E-state index >= 15 is 0 Å². The molecular weight excluding hydrogens is 154 g/mol. The Balaban J connectivity index is 3.78. The Bertz CT molecular complexity index is 191. The van der Waals surface area contributed by atoms with Crippen molar-refractivity contribution in [3.8, 4) is 12.3 Å². The fraction of sp³-hybridized carbons (Fsp3) is 0.667. The highest BCUT2D eigenvalue weighted by Crippen LogP contribution is 1.97. The molecule has 0 spiro atoms. The van der Waals surface area contributed by atoms with Crippen LogP contribution in [-0.4, -0.2) is 24.7 Å². The summed E-state index contributed by atoms with van der Waals surface area (Å²) in [6.07, 6.45) is 5.18. The van der Waals surface area contributed by atoms with Gasteiger partial charge in [-0.15, -0.1) is 6.42 Å². The van der Waals surface area contributed by atoms with Gasteiger partial charge in [0.2, 0.25) is 5.91 Å². The summed E-state index contributed by atoms with van der Waals surface area (Å²) in [5.41, 5.74) is -0.589. The highest BCUT2D eigenvalue weighted by molar-refractivity contribution is 5.78. The minimum Gasteiger partial charge on any atom is -0.372 e. The van der Waals surface area contributed by atoms with Crippen LogP contribution in [0.4, 0.5) is 0 Å². The van der Waals surface area contributed by atoms with Crippen LogP contribution in [0.5, 0.6) is 0 Å². The monoisotopic (exact) mass is 169 g/mol. The SMILES string of the molecule is C#CC(C)(C)NC(=O)COCC. The number of ether oxygens (including phenoxy) is 1. The van der Waals surface area contributed by atoms with Crippen molar-refractivity contribution in [2.45, 2.75) is 26.3 Å². The number of rotatable bonds is 4. The molecule has 3 nitrogen and oxygen atoms in total. The van der Waals surface area contributed by atoms with E-state index in [-0.39, 0.29) is 12.5 Å². The summed E-state index contributed by atoms with van der Waals surface area (Å²) in [5.74, 6) is 2.28. The van der Waals surface area contributed by atoms with Crippen molar-refractivity contribution in [3.05, 3.63) is 0 Å². The number of hydrogen-bond acceptors (Lipinski definition) is 2. The van der Waals surface area contributed by atoms with Gasteiger partial charge in [-0.2, -0.15) is 0 Å². The average Bonchev–Trinajstić information content (AvgIpc) is 2.00. The molecule has 0 aliphatic carbocycles. The summed E-state index contributed by atoms with van der Waals surface area (Å²) in [6.45, 7) is 5.96. The number of amides is 1. The van der Waals surface area contributed by atoms with Gasteiger partial charge in [0, 0.05) is 6.61 Å². The van der Waals surface area contributed by atoms with Crippen molar-refractivity contribution >= 4 is 5.91 Å². The van der Waals surface area contributed by atoms with Crippen LogP contribution in [0.25, 0.3) is 0 Å². The predicted molar refractivity (Wildman–Crippen MR) is 47.5 cm³/mol. The van der Waals surface area contributed by atoms with Crippen LogP contribution >= 0.6 is 0 Å². The minimum atomic E-state index is -0.589. The van der Waals surface area contributed by atoms with Gasteiger partial charge < -0.3 is 10.1 Å². The normalized spacial score (nSPS) is 10.5. The van der Waals surface area contributed by atoms with E-state index in [0.717, 1.165) is 0 Å². The zero-order valence-electron chi connectivity index (χ0n) is 7.81. The lowest BCUT2D eigenvalue weighted by atomic mass is 10.1. The van der Waals surface area contributed by atoms with Crippen molar-refractivity contribution in [2.75, 3.05) is 13.2 Å². The maximum Gasteiger partial charge on any atom is 0.247 e. The first-order valence-corrected chi connectivity index (χ1v) is 3.88. The molecule has 0 fully saturated rings. The molecule has 0 rings (SSSR count). The topological polar surface area (TPSA) is 38.3 Å². The van der Waals surface area contributed by atoms with Crippen molar-refractivity contribution in [1.29, 1.82) is 0 Å². The van der Waals surface area contributed by atoms with Gasteiger partial charge >= 0.3 is 0 Å². The molecule has 0 aliphatic rings. The van der Waals surface area contributed by atoms with Gasteiger partial charge in [-0.3, -0.25) is 4.79 Å². The Morgan fingerprint density at radius 3 is 2.67 bits per heavy atom. The lowest BCUT2D eigenvalue weighted by Crippen LogP contribution is -2.43. The van der Waals surface area contributed by atoms with E-state index < -0.39 is 5.54 Å². The minimum absolute atomic E-state index is 0.0710. The van der Waals surface area contributed by atoms with E-state index in [0.29, 0.717) is 6.61 Å². The Hall–Kier alpha value is -1.01. The Labute approximate surface area is 73.5 Å². The van der Waals surface area contributed by atoms with E-state index in [1.807, 2.05) is 6.92 Å². The highest BCUT2D eigenvalue weighted by Gasteiger charge is 2.16. The Kier molecular flexibility index (Phi) is 4.38. The fourth-order valence-corrected chi connectivity index (χ4v) is 0.615. The van der Waals surface area contributed by atoms with Gasteiger partial charge in [0.15, 0.2) is 0 Å². The summed E-state index contributed by atoms with van der Waals surface area (Å²) < 4.78 is 4.91. The van der Waals surface area contributed by atoms with Crippen LogP contribution in [0.1, 0.15) is 20.8 Å². The highest BCUT2D eigenvalue weighted by atomic mass is 16.5. The number of carbonyl (C=O) groups is 1. The Morgan fingerprint density at radius 1 is 1.67 bits per heavy atom. The largest absolute Gasteiger partial charge is 0.372 e. The van der Waals surface area contributed by atoms with E-state index in [2.05, 4.69) is 11.2 Å². The summed E-state index contributed by atoms with van der Waals surface area (Å²) in [6, 6.07) is 0. The predicted octanol–water partition coefficient (Wildman–Crippen LogP) is 0.551. The third-order valence-corrected chi connectivity index (χ3v) is 1.25. The summed E-state index contributed by atoms with van der Waals surface area (Å²) >= 11 is 0. The lowest BCUT2D eigenvalue weighted by molar-refractivity contribution is -0.126. The van der Waals surface area contributed by atoms with E-state index in [9.17, 15) is 4.79 Å². The van der Waals surface area contributed by atoms with Gasteiger partial charge in [-0.25, -0.2) is 0 Å². The first-order valence-electron chi connectivity index (χ1n) is 3.88. The van der Waals surface area contributed by atoms with Crippen LogP contribution in [0.2, 0.25) is 0 Å². The van der Waals surface area contributed by atoms with Gasteiger partial charge in [-0.05, 0) is 20.8 Å². The van der Waals surface area contributed by atoms with Crippen molar-refractivity contribution < 1.29 is 9.53 Å². The summed E-state index contributed by atoms with van der Waals surface area (Å²) in [4.78, 5) is 11.0. The van der Waals surface area contributed by atoms with Crippen LogP contribution in [0.15, 0.2) is 0 Å². The van der Waals surface area contributed by atoms with Crippen molar-refractivity contribution in [3.63, 3.8) is 0 Å². The molecule has 0 radical (unpaired) electrons. The second-order valence-corrected chi connectivity index (χ2v) is 2.95. The van der Waals surface area contributed by atoms with Crippen molar-refractivity contribution in [2.24, 2.45) is 0 Å². The van der Waals surface area contributed by atoms with Crippen LogP contribution in [0, 0.1) is 12.3 Å². The fourth-order valence-electron chi connectivity index (χ4n) is 0.615. The second kappa shape index (κ2) is 4.78. The van der Waals surface area contributed by atoms with E-state index in [4.69, 9.17) is 11.2 Å². The first kappa shape index (κ1) is 11.0. The average molecular weight is 169 g/mol. The molecule has 0 aromatic rings. The zero-order valence-corrected chi connectivity index (χ0v) is 7.81. The second-order valence-electron chi connectivity index (χ2n) is 2.95. The molecule has 12 heavy (non-hydrogen) atoms. The maximum absolute atomic E-state index is 11.0. The molecule has 0 aliphatic heterocycles. The molecule has 0 atom stereocenters. The van der Waals surface area contributed by atoms with Gasteiger partial charge in [0.05, 0.1) is 5.54 Å². The van der Waals surface area contributed by atoms with Crippen LogP contribution in [0.3, 0.4) is 0 Å².